The highest BCUT2D eigenvalue weighted by molar-refractivity contribution is 6.17. The first-order chi connectivity index (χ1) is 7.70. The average Bonchev–Trinajstić information content (AvgIpc) is 2.29. The van der Waals surface area contributed by atoms with Crippen molar-refractivity contribution in [3.63, 3.8) is 0 Å². The van der Waals surface area contributed by atoms with Gasteiger partial charge in [-0.25, -0.2) is 8.78 Å². The summed E-state index contributed by atoms with van der Waals surface area (Å²) in [6, 6.07) is 7.50. The molecule has 1 nitrogen and oxygen atoms in total. The van der Waals surface area contributed by atoms with E-state index in [-0.39, 0.29) is 11.7 Å². The minimum absolute atomic E-state index is 0.0661. The van der Waals surface area contributed by atoms with Gasteiger partial charge >= 0.3 is 0 Å². The maximum absolute atomic E-state index is 13.1. The van der Waals surface area contributed by atoms with Gasteiger partial charge in [0.05, 0.1) is 17.8 Å². The summed E-state index contributed by atoms with van der Waals surface area (Å²) >= 11 is 5.58. The lowest BCUT2D eigenvalue weighted by Gasteiger charge is -2.03. The number of hydrogen-bond donors (Lipinski definition) is 0. The second-order valence-electron chi connectivity index (χ2n) is 3.30. The van der Waals surface area contributed by atoms with Crippen LogP contribution in [0.5, 0.6) is 0 Å². The number of nitrogens with zero attached hydrogens (tertiary/aromatic N) is 1. The van der Waals surface area contributed by atoms with E-state index < -0.39 is 5.82 Å². The summed E-state index contributed by atoms with van der Waals surface area (Å²) in [4.78, 5) is 3.90. The van der Waals surface area contributed by atoms with Crippen LogP contribution in [0.3, 0.4) is 0 Å². The first kappa shape index (κ1) is 11.0. The predicted molar refractivity (Wildman–Crippen MR) is 59.1 cm³/mol. The van der Waals surface area contributed by atoms with Gasteiger partial charge in [0, 0.05) is 11.1 Å². The number of rotatable bonds is 2. The molecule has 0 aliphatic carbocycles. The first-order valence-corrected chi connectivity index (χ1v) is 5.20. The van der Waals surface area contributed by atoms with Gasteiger partial charge < -0.3 is 0 Å². The Hall–Kier alpha value is -1.48. The van der Waals surface area contributed by atoms with Gasteiger partial charge in [-0.05, 0) is 18.2 Å². The van der Waals surface area contributed by atoms with Crippen LogP contribution in [0, 0.1) is 11.6 Å². The molecular weight excluding hydrogens is 232 g/mol. The van der Waals surface area contributed by atoms with Crippen molar-refractivity contribution < 1.29 is 8.78 Å². The number of benzene rings is 1. The molecule has 82 valence electrons. The minimum atomic E-state index is -0.449. The van der Waals surface area contributed by atoms with Gasteiger partial charge in [0.25, 0.3) is 0 Å². The van der Waals surface area contributed by atoms with Crippen LogP contribution >= 0.6 is 11.6 Å². The van der Waals surface area contributed by atoms with Gasteiger partial charge in [0.2, 0.25) is 0 Å². The molecule has 1 heterocycles. The number of halogens is 3. The van der Waals surface area contributed by atoms with Crippen molar-refractivity contribution in [3.8, 4) is 11.3 Å². The van der Waals surface area contributed by atoms with Crippen LogP contribution in [-0.4, -0.2) is 4.98 Å². The fraction of sp³-hybridized carbons (Fsp3) is 0.0833. The second-order valence-corrected chi connectivity index (χ2v) is 3.57. The van der Waals surface area contributed by atoms with Crippen molar-refractivity contribution in [3.05, 3.63) is 53.7 Å². The molecule has 2 rings (SSSR count). The Balaban J connectivity index is 2.48. The Morgan fingerprint density at radius 3 is 2.69 bits per heavy atom. The lowest BCUT2D eigenvalue weighted by atomic mass is 10.1. The van der Waals surface area contributed by atoms with Gasteiger partial charge in [0.1, 0.15) is 11.6 Å². The maximum Gasteiger partial charge on any atom is 0.145 e. The molecule has 0 amide bonds. The third-order valence-corrected chi connectivity index (χ3v) is 2.49. The third-order valence-electron chi connectivity index (χ3n) is 2.20. The molecule has 4 heteroatoms. The second kappa shape index (κ2) is 4.58. The topological polar surface area (TPSA) is 12.9 Å². The zero-order valence-corrected chi connectivity index (χ0v) is 9.01. The lowest BCUT2D eigenvalue weighted by Crippen LogP contribution is -1.91. The van der Waals surface area contributed by atoms with Crippen LogP contribution in [0.25, 0.3) is 11.3 Å². The van der Waals surface area contributed by atoms with Gasteiger partial charge in [-0.3, -0.25) is 4.98 Å². The monoisotopic (exact) mass is 239 g/mol. The van der Waals surface area contributed by atoms with Crippen molar-refractivity contribution in [2.75, 3.05) is 0 Å². The highest BCUT2D eigenvalue weighted by Crippen LogP contribution is 2.21. The van der Waals surface area contributed by atoms with Gasteiger partial charge in [-0.1, -0.05) is 12.1 Å². The third kappa shape index (κ3) is 2.19. The van der Waals surface area contributed by atoms with E-state index in [9.17, 15) is 8.78 Å². The lowest BCUT2D eigenvalue weighted by molar-refractivity contribution is 0.611. The normalized spacial score (nSPS) is 10.4. The molecule has 0 aliphatic heterocycles. The minimum Gasteiger partial charge on any atom is -0.253 e. The number of alkyl halides is 1. The Morgan fingerprint density at radius 2 is 2.00 bits per heavy atom. The van der Waals surface area contributed by atoms with Crippen LogP contribution in [0.1, 0.15) is 5.56 Å². The van der Waals surface area contributed by atoms with E-state index >= 15 is 0 Å². The Bertz CT molecular complexity index is 514. The molecule has 0 radical (unpaired) electrons. The molecule has 0 aliphatic rings. The summed E-state index contributed by atoms with van der Waals surface area (Å²) in [6.07, 6.45) is 1.10. The maximum atomic E-state index is 13.1. The summed E-state index contributed by atoms with van der Waals surface area (Å²) in [5.74, 6) is -0.734. The first-order valence-electron chi connectivity index (χ1n) is 4.67. The van der Waals surface area contributed by atoms with E-state index in [1.54, 1.807) is 12.1 Å². The van der Waals surface area contributed by atoms with Gasteiger partial charge in [-0.15, -0.1) is 11.6 Å². The predicted octanol–water partition coefficient (Wildman–Crippen LogP) is 3.77. The van der Waals surface area contributed by atoms with Crippen LogP contribution in [0.2, 0.25) is 0 Å². The molecule has 0 saturated heterocycles. The molecular formula is C12H8ClF2N. The summed E-state index contributed by atoms with van der Waals surface area (Å²) in [5, 5.41) is 0. The van der Waals surface area contributed by atoms with Crippen molar-refractivity contribution in [2.24, 2.45) is 0 Å². The molecule has 0 spiro atoms. The van der Waals surface area contributed by atoms with Crippen molar-refractivity contribution >= 4 is 11.6 Å². The molecule has 0 bridgehead atoms. The van der Waals surface area contributed by atoms with Gasteiger partial charge in [0.15, 0.2) is 0 Å². The van der Waals surface area contributed by atoms with E-state index in [4.69, 9.17) is 11.6 Å². The van der Waals surface area contributed by atoms with Crippen molar-refractivity contribution in [1.82, 2.24) is 4.98 Å². The average molecular weight is 240 g/mol. The fourth-order valence-corrected chi connectivity index (χ4v) is 1.59. The Morgan fingerprint density at radius 1 is 1.19 bits per heavy atom. The zero-order chi connectivity index (χ0) is 11.5. The SMILES string of the molecule is Fc1cccc(-c2cc(CCl)c(F)cn2)c1. The molecule has 0 N–H and O–H groups in total. The Kier molecular flexibility index (Phi) is 3.15. The molecule has 2 aromatic rings. The standard InChI is InChI=1S/C12H8ClF2N/c13-6-9-5-12(16-7-11(9)15)8-2-1-3-10(14)4-8/h1-5,7H,6H2. The molecule has 0 fully saturated rings. The summed E-state index contributed by atoms with van der Waals surface area (Å²) in [7, 11) is 0. The van der Waals surface area contributed by atoms with Crippen LogP contribution < -0.4 is 0 Å². The van der Waals surface area contributed by atoms with E-state index in [2.05, 4.69) is 4.98 Å². The zero-order valence-electron chi connectivity index (χ0n) is 8.25. The number of hydrogen-bond acceptors (Lipinski definition) is 1. The van der Waals surface area contributed by atoms with Crippen LogP contribution in [0.4, 0.5) is 8.78 Å². The number of pyridine rings is 1. The van der Waals surface area contributed by atoms with Crippen LogP contribution in [0.15, 0.2) is 36.5 Å². The molecule has 1 aromatic carbocycles. The van der Waals surface area contributed by atoms with E-state index in [0.29, 0.717) is 16.8 Å². The molecule has 1 aromatic heterocycles. The van der Waals surface area contributed by atoms with Crippen LogP contribution in [-0.2, 0) is 5.88 Å². The highest BCUT2D eigenvalue weighted by atomic mass is 35.5. The van der Waals surface area contributed by atoms with Crippen molar-refractivity contribution in [1.29, 1.82) is 0 Å². The van der Waals surface area contributed by atoms with E-state index in [1.807, 2.05) is 0 Å². The quantitative estimate of drug-likeness (QED) is 0.727. The fourth-order valence-electron chi connectivity index (χ4n) is 1.39. The summed E-state index contributed by atoms with van der Waals surface area (Å²) in [5.41, 5.74) is 1.47. The summed E-state index contributed by atoms with van der Waals surface area (Å²) < 4.78 is 26.1. The van der Waals surface area contributed by atoms with E-state index in [0.717, 1.165) is 6.20 Å². The van der Waals surface area contributed by atoms with Crippen molar-refractivity contribution in [2.45, 2.75) is 5.88 Å². The molecule has 0 atom stereocenters. The van der Waals surface area contributed by atoms with Gasteiger partial charge in [-0.2, -0.15) is 0 Å². The molecule has 0 saturated carbocycles. The Labute approximate surface area is 96.7 Å². The number of aromatic nitrogens is 1. The summed E-state index contributed by atoms with van der Waals surface area (Å²) in [6.45, 7) is 0. The molecule has 0 unspecified atom stereocenters. The smallest absolute Gasteiger partial charge is 0.145 e. The highest BCUT2D eigenvalue weighted by Gasteiger charge is 2.06. The van der Waals surface area contributed by atoms with E-state index in [1.165, 1.54) is 18.2 Å². The molecule has 16 heavy (non-hydrogen) atoms. The largest absolute Gasteiger partial charge is 0.253 e.